The monoisotopic (exact) mass is 364 g/mol. The second kappa shape index (κ2) is 5.35. The predicted octanol–water partition coefficient (Wildman–Crippen LogP) is 4.97. The molecule has 0 aliphatic heterocycles. The molecule has 1 N–H and O–H groups in total. The Morgan fingerprint density at radius 2 is 1.88 bits per heavy atom. The minimum absolute atomic E-state index is 0.0475. The molecule has 6 rings (SSSR count). The summed E-state index contributed by atoms with van der Waals surface area (Å²) in [5.74, 6) is 0.546. The number of hydrogen-bond donors (Lipinski definition) is 1. The average molecular weight is 365 g/mol. The third kappa shape index (κ3) is 2.64. The molecule has 5 atom stereocenters. The lowest BCUT2D eigenvalue weighted by Gasteiger charge is -2.57. The van der Waals surface area contributed by atoms with Gasteiger partial charge in [-0.25, -0.2) is 9.18 Å². The van der Waals surface area contributed by atoms with Crippen molar-refractivity contribution in [2.45, 2.75) is 61.8 Å². The number of rotatable bonds is 4. The van der Waals surface area contributed by atoms with Crippen molar-refractivity contribution in [3.8, 4) is 5.75 Å². The molecule has 0 unspecified atom stereocenters. The van der Waals surface area contributed by atoms with Gasteiger partial charge < -0.3 is 9.84 Å². The summed E-state index contributed by atoms with van der Waals surface area (Å²) in [5.41, 5.74) is 0.618. The van der Waals surface area contributed by atoms with Crippen LogP contribution in [-0.4, -0.2) is 22.1 Å². The van der Waals surface area contributed by atoms with E-state index >= 15 is 0 Å². The zero-order valence-corrected chi connectivity index (χ0v) is 14.8. The first-order valence-electron chi connectivity index (χ1n) is 9.34. The van der Waals surface area contributed by atoms with Crippen LogP contribution in [0.2, 0.25) is 0 Å². The predicted molar refractivity (Wildman–Crippen MR) is 91.9 cm³/mol. The molecule has 5 fully saturated rings. The maximum absolute atomic E-state index is 14.3. The number of carboxylic acids is 1. The van der Waals surface area contributed by atoms with Crippen molar-refractivity contribution in [2.24, 2.45) is 17.8 Å². The molecule has 25 heavy (non-hydrogen) atoms. The van der Waals surface area contributed by atoms with Crippen LogP contribution in [0.15, 0.2) is 12.1 Å². The number of carbonyl (C=O) groups is 1. The summed E-state index contributed by atoms with van der Waals surface area (Å²) in [6, 6.07) is 2.79. The number of aromatic carboxylic acids is 1. The van der Waals surface area contributed by atoms with E-state index in [1.54, 1.807) is 0 Å². The molecule has 0 spiro atoms. The lowest BCUT2D eigenvalue weighted by molar-refractivity contribution is -0.0700. The van der Waals surface area contributed by atoms with Crippen LogP contribution in [0.4, 0.5) is 4.39 Å². The fraction of sp³-hybridized carbons (Fsp3) is 0.650. The molecular formula is C20H22ClFO3. The normalized spacial score (nSPS) is 38.8. The smallest absolute Gasteiger partial charge is 0.338 e. The van der Waals surface area contributed by atoms with Gasteiger partial charge in [0.25, 0.3) is 0 Å². The van der Waals surface area contributed by atoms with Crippen molar-refractivity contribution >= 4 is 17.6 Å². The van der Waals surface area contributed by atoms with Gasteiger partial charge in [-0.1, -0.05) is 0 Å². The van der Waals surface area contributed by atoms with Gasteiger partial charge in [-0.05, 0) is 80.2 Å². The fourth-order valence-electron chi connectivity index (χ4n) is 5.77. The van der Waals surface area contributed by atoms with Crippen molar-refractivity contribution < 1.29 is 19.0 Å². The van der Waals surface area contributed by atoms with Crippen LogP contribution in [-0.2, 0) is 0 Å². The van der Waals surface area contributed by atoms with Gasteiger partial charge in [0.15, 0.2) is 0 Å². The van der Waals surface area contributed by atoms with Crippen molar-refractivity contribution in [3.05, 3.63) is 29.1 Å². The first kappa shape index (κ1) is 15.9. The SMILES string of the molecule is O=C(O)c1cc(C2CC2)c(O[C@H]2[C@@H]3C[C@H]4C[C@H]2C[C@@](Cl)(C4)C3)cc1F. The fourth-order valence-corrected chi connectivity index (χ4v) is 6.38. The van der Waals surface area contributed by atoms with Gasteiger partial charge in [0.1, 0.15) is 17.7 Å². The molecule has 0 radical (unpaired) electrons. The second-order valence-corrected chi connectivity index (χ2v) is 9.45. The Kier molecular flexibility index (Phi) is 3.41. The van der Waals surface area contributed by atoms with Gasteiger partial charge in [0.05, 0.1) is 5.56 Å². The van der Waals surface area contributed by atoms with Gasteiger partial charge in [0.2, 0.25) is 0 Å². The molecule has 5 saturated carbocycles. The highest BCUT2D eigenvalue weighted by Gasteiger charge is 2.55. The van der Waals surface area contributed by atoms with Gasteiger partial charge in [-0.15, -0.1) is 11.6 Å². The van der Waals surface area contributed by atoms with Crippen LogP contribution in [0.1, 0.15) is 66.8 Å². The largest absolute Gasteiger partial charge is 0.489 e. The molecule has 5 heteroatoms. The van der Waals surface area contributed by atoms with E-state index in [9.17, 15) is 14.3 Å². The maximum Gasteiger partial charge on any atom is 0.338 e. The topological polar surface area (TPSA) is 46.5 Å². The van der Waals surface area contributed by atoms with Crippen molar-refractivity contribution in [3.63, 3.8) is 0 Å². The molecule has 5 aliphatic carbocycles. The van der Waals surface area contributed by atoms with Crippen LogP contribution in [0.25, 0.3) is 0 Å². The van der Waals surface area contributed by atoms with Crippen LogP contribution in [0.3, 0.4) is 0 Å². The molecule has 0 saturated heterocycles. The number of ether oxygens (including phenoxy) is 1. The lowest BCUT2D eigenvalue weighted by Crippen LogP contribution is -2.56. The van der Waals surface area contributed by atoms with E-state index in [0.29, 0.717) is 29.4 Å². The molecular weight excluding hydrogens is 343 g/mol. The van der Waals surface area contributed by atoms with E-state index < -0.39 is 11.8 Å². The summed E-state index contributed by atoms with van der Waals surface area (Å²) in [6.07, 6.45) is 7.55. The van der Waals surface area contributed by atoms with Crippen LogP contribution in [0.5, 0.6) is 5.75 Å². The van der Waals surface area contributed by atoms with Crippen LogP contribution in [0, 0.1) is 23.6 Å². The summed E-state index contributed by atoms with van der Waals surface area (Å²) in [7, 11) is 0. The van der Waals surface area contributed by atoms with Crippen LogP contribution < -0.4 is 4.74 Å². The molecule has 3 nitrogen and oxygen atoms in total. The third-order valence-corrected chi connectivity index (χ3v) is 7.18. The highest BCUT2D eigenvalue weighted by atomic mass is 35.5. The molecule has 0 aromatic heterocycles. The number of hydrogen-bond acceptors (Lipinski definition) is 2. The first-order chi connectivity index (χ1) is 11.9. The molecule has 5 aliphatic rings. The van der Waals surface area contributed by atoms with E-state index in [-0.39, 0.29) is 16.5 Å². The zero-order chi connectivity index (χ0) is 17.3. The van der Waals surface area contributed by atoms with Gasteiger partial charge in [-0.2, -0.15) is 0 Å². The van der Waals surface area contributed by atoms with Crippen LogP contribution >= 0.6 is 11.6 Å². The maximum atomic E-state index is 14.3. The van der Waals surface area contributed by atoms with E-state index in [1.165, 1.54) is 12.1 Å². The van der Waals surface area contributed by atoms with Crippen molar-refractivity contribution in [1.29, 1.82) is 0 Å². The lowest BCUT2D eigenvalue weighted by atomic mass is 9.54. The number of benzene rings is 1. The molecule has 0 heterocycles. The highest BCUT2D eigenvalue weighted by molar-refractivity contribution is 6.24. The van der Waals surface area contributed by atoms with Gasteiger partial charge >= 0.3 is 5.97 Å². The first-order valence-corrected chi connectivity index (χ1v) is 9.72. The molecule has 1 aromatic rings. The van der Waals surface area contributed by atoms with Crippen molar-refractivity contribution in [1.82, 2.24) is 0 Å². The van der Waals surface area contributed by atoms with E-state index in [4.69, 9.17) is 16.3 Å². The summed E-state index contributed by atoms with van der Waals surface area (Å²) in [5, 5.41) is 9.20. The van der Waals surface area contributed by atoms with E-state index in [0.717, 1.165) is 50.5 Å². The Hall–Kier alpha value is -1.29. The molecule has 1 aromatic carbocycles. The Morgan fingerprint density at radius 1 is 1.20 bits per heavy atom. The number of halogens is 2. The Morgan fingerprint density at radius 3 is 2.44 bits per heavy atom. The number of carboxylic acid groups (broad SMARTS) is 1. The molecule has 0 amide bonds. The Balaban J connectivity index is 1.46. The standard InChI is InChI=1S/C20H22ClFO3/c21-20-7-10-3-12(8-20)18(13(4-10)9-20)25-17-6-16(22)15(19(23)24)5-14(17)11-1-2-11/h5-6,10-13,18H,1-4,7-9H2,(H,23,24)/t10-,12+,13-,18-,20+. The number of alkyl halides is 1. The van der Waals surface area contributed by atoms with E-state index in [1.807, 2.05) is 0 Å². The van der Waals surface area contributed by atoms with Gasteiger partial charge in [0, 0.05) is 10.9 Å². The quantitative estimate of drug-likeness (QED) is 0.767. The third-order valence-electron chi connectivity index (χ3n) is 6.72. The van der Waals surface area contributed by atoms with Gasteiger partial charge in [-0.3, -0.25) is 0 Å². The van der Waals surface area contributed by atoms with E-state index in [2.05, 4.69) is 0 Å². The molecule has 134 valence electrons. The summed E-state index contributed by atoms with van der Waals surface area (Å²) in [4.78, 5) is 11.2. The minimum Gasteiger partial charge on any atom is -0.489 e. The molecule has 4 bridgehead atoms. The Bertz CT molecular complexity index is 729. The summed E-state index contributed by atoms with van der Waals surface area (Å²) < 4.78 is 20.6. The zero-order valence-electron chi connectivity index (χ0n) is 14.0. The highest BCUT2D eigenvalue weighted by Crippen LogP contribution is 2.59. The Labute approximate surface area is 151 Å². The van der Waals surface area contributed by atoms with Crippen molar-refractivity contribution in [2.75, 3.05) is 0 Å². The average Bonchev–Trinajstić information content (AvgIpc) is 3.33. The summed E-state index contributed by atoms with van der Waals surface area (Å²) >= 11 is 6.79. The summed E-state index contributed by atoms with van der Waals surface area (Å²) in [6.45, 7) is 0. The minimum atomic E-state index is -1.22. The second-order valence-electron chi connectivity index (χ2n) is 8.65.